The molecule has 5 rings (SSSR count). The number of nitrogens with one attached hydrogen (secondary N) is 1. The van der Waals surface area contributed by atoms with Crippen molar-refractivity contribution in [3.63, 3.8) is 0 Å². The topological polar surface area (TPSA) is 65.5 Å². The smallest absolute Gasteiger partial charge is 0.160 e. The maximum absolute atomic E-state index is 4.80. The Labute approximate surface area is 181 Å². The molecule has 0 spiro atoms. The number of hydrogen-bond acceptors (Lipinski definition) is 4. The van der Waals surface area contributed by atoms with Crippen LogP contribution in [0.4, 0.5) is 0 Å². The van der Waals surface area contributed by atoms with Gasteiger partial charge in [0.1, 0.15) is 5.69 Å². The van der Waals surface area contributed by atoms with E-state index in [0.717, 1.165) is 43.3 Å². The molecule has 1 aromatic carbocycles. The number of rotatable bonds is 4. The van der Waals surface area contributed by atoms with E-state index in [1.165, 1.54) is 11.3 Å². The van der Waals surface area contributed by atoms with E-state index in [1.807, 2.05) is 35.4 Å². The standard InChI is InChI=1S/C20H21N7.2ClH/c1-2-6-19(27-11-4-8-23-27)16(5-1)15-25-12-9-22-20(25)18-13-17-14-21-7-3-10-26(17)24-18;;/h1-2,4-6,8-9,11-13,21H,3,7,10,14-15H2;2*1H. The fraction of sp³-hybridized carbons (Fsp3) is 0.250. The lowest BCUT2D eigenvalue weighted by molar-refractivity contribution is 0.588. The molecule has 7 nitrogen and oxygen atoms in total. The number of halogens is 2. The van der Waals surface area contributed by atoms with Crippen molar-refractivity contribution in [1.82, 2.24) is 34.4 Å². The summed E-state index contributed by atoms with van der Waals surface area (Å²) in [5.41, 5.74) is 4.40. The van der Waals surface area contributed by atoms with Crippen molar-refractivity contribution in [2.24, 2.45) is 0 Å². The summed E-state index contributed by atoms with van der Waals surface area (Å²) >= 11 is 0. The normalized spacial score (nSPS) is 13.1. The van der Waals surface area contributed by atoms with Gasteiger partial charge in [-0.25, -0.2) is 9.67 Å². The molecule has 9 heteroatoms. The SMILES string of the molecule is Cl.Cl.c1ccc(-n2cccn2)c(Cn2ccnc2-c2cc3n(n2)CCCNC3)c1. The Morgan fingerprint density at radius 2 is 1.93 bits per heavy atom. The summed E-state index contributed by atoms with van der Waals surface area (Å²) in [5.74, 6) is 0.894. The molecule has 1 aliphatic rings. The molecular formula is C20H23Cl2N7. The average molecular weight is 432 g/mol. The molecule has 0 saturated heterocycles. The van der Waals surface area contributed by atoms with Gasteiger partial charge in [-0.1, -0.05) is 18.2 Å². The highest BCUT2D eigenvalue weighted by atomic mass is 35.5. The molecule has 0 fully saturated rings. The van der Waals surface area contributed by atoms with Crippen LogP contribution in [0.15, 0.2) is 61.2 Å². The van der Waals surface area contributed by atoms with Crippen LogP contribution in [-0.2, 0) is 19.6 Å². The third kappa shape index (κ3) is 4.22. The molecule has 29 heavy (non-hydrogen) atoms. The Morgan fingerprint density at radius 3 is 2.79 bits per heavy atom. The first-order valence-electron chi connectivity index (χ1n) is 9.25. The number of para-hydroxylation sites is 1. The molecule has 3 aromatic heterocycles. The first kappa shape index (κ1) is 21.1. The fourth-order valence-corrected chi connectivity index (χ4v) is 3.60. The molecule has 0 saturated carbocycles. The molecule has 1 N–H and O–H groups in total. The largest absolute Gasteiger partial charge is 0.325 e. The lowest BCUT2D eigenvalue weighted by Crippen LogP contribution is -2.11. The minimum Gasteiger partial charge on any atom is -0.325 e. The maximum atomic E-state index is 4.80. The first-order valence-corrected chi connectivity index (χ1v) is 9.25. The van der Waals surface area contributed by atoms with Gasteiger partial charge in [-0.05, 0) is 36.7 Å². The summed E-state index contributed by atoms with van der Waals surface area (Å²) in [4.78, 5) is 4.59. The van der Waals surface area contributed by atoms with Crippen LogP contribution in [0.1, 0.15) is 17.7 Å². The molecule has 152 valence electrons. The first-order chi connectivity index (χ1) is 13.4. The van der Waals surface area contributed by atoms with E-state index < -0.39 is 0 Å². The van der Waals surface area contributed by atoms with Crippen molar-refractivity contribution in [3.8, 4) is 17.2 Å². The number of benzene rings is 1. The van der Waals surface area contributed by atoms with Crippen LogP contribution in [-0.4, -0.2) is 35.7 Å². The minimum atomic E-state index is 0. The third-order valence-electron chi connectivity index (χ3n) is 4.92. The van der Waals surface area contributed by atoms with Gasteiger partial charge < -0.3 is 9.88 Å². The van der Waals surface area contributed by atoms with Crippen LogP contribution in [0.5, 0.6) is 0 Å². The molecule has 0 radical (unpaired) electrons. The highest BCUT2D eigenvalue weighted by Gasteiger charge is 2.16. The van der Waals surface area contributed by atoms with Gasteiger partial charge in [0, 0.05) is 37.9 Å². The molecule has 1 aliphatic heterocycles. The lowest BCUT2D eigenvalue weighted by Gasteiger charge is -2.11. The Hall–Kier alpha value is -2.61. The fourth-order valence-electron chi connectivity index (χ4n) is 3.60. The zero-order valence-electron chi connectivity index (χ0n) is 15.8. The van der Waals surface area contributed by atoms with Gasteiger partial charge >= 0.3 is 0 Å². The maximum Gasteiger partial charge on any atom is 0.160 e. The summed E-state index contributed by atoms with van der Waals surface area (Å²) in [7, 11) is 0. The van der Waals surface area contributed by atoms with E-state index in [-0.39, 0.29) is 24.8 Å². The van der Waals surface area contributed by atoms with Crippen LogP contribution in [0, 0.1) is 0 Å². The second-order valence-corrected chi connectivity index (χ2v) is 6.73. The highest BCUT2D eigenvalue weighted by molar-refractivity contribution is 5.85. The lowest BCUT2D eigenvalue weighted by atomic mass is 10.1. The third-order valence-corrected chi connectivity index (χ3v) is 4.92. The summed E-state index contributed by atoms with van der Waals surface area (Å²) in [6.45, 7) is 3.56. The molecule has 4 aromatic rings. The van der Waals surface area contributed by atoms with Gasteiger partial charge in [-0.15, -0.1) is 24.8 Å². The number of nitrogens with zero attached hydrogens (tertiary/aromatic N) is 6. The Balaban J connectivity index is 0.00000120. The zero-order chi connectivity index (χ0) is 18.1. The molecule has 4 heterocycles. The Bertz CT molecular complexity index is 1030. The highest BCUT2D eigenvalue weighted by Crippen LogP contribution is 2.22. The van der Waals surface area contributed by atoms with Gasteiger partial charge in [0.25, 0.3) is 0 Å². The number of aromatic nitrogens is 6. The summed E-state index contributed by atoms with van der Waals surface area (Å²) in [6.07, 6.45) is 8.71. The molecular weight excluding hydrogens is 409 g/mol. The summed E-state index contributed by atoms with van der Waals surface area (Å²) in [5, 5.41) is 12.6. The van der Waals surface area contributed by atoms with Crippen LogP contribution in [0.25, 0.3) is 17.2 Å². The summed E-state index contributed by atoms with van der Waals surface area (Å²) < 4.78 is 6.15. The number of hydrogen-bond donors (Lipinski definition) is 1. The Kier molecular flexibility index (Phi) is 6.74. The molecule has 0 amide bonds. The van der Waals surface area contributed by atoms with E-state index in [0.29, 0.717) is 6.54 Å². The average Bonchev–Trinajstić information content (AvgIpc) is 3.42. The molecule has 0 bridgehead atoms. The minimum absolute atomic E-state index is 0. The predicted molar refractivity (Wildman–Crippen MR) is 117 cm³/mol. The summed E-state index contributed by atoms with van der Waals surface area (Å²) in [6, 6.07) is 12.4. The predicted octanol–water partition coefficient (Wildman–Crippen LogP) is 3.32. The van der Waals surface area contributed by atoms with Crippen LogP contribution in [0.3, 0.4) is 0 Å². The number of aryl methyl sites for hydroxylation is 1. The van der Waals surface area contributed by atoms with Crippen molar-refractivity contribution in [2.75, 3.05) is 6.54 Å². The van der Waals surface area contributed by atoms with E-state index in [9.17, 15) is 0 Å². The van der Waals surface area contributed by atoms with Crippen LogP contribution < -0.4 is 5.32 Å². The Morgan fingerprint density at radius 1 is 1.03 bits per heavy atom. The zero-order valence-corrected chi connectivity index (χ0v) is 17.4. The van der Waals surface area contributed by atoms with Gasteiger partial charge in [0.15, 0.2) is 5.82 Å². The van der Waals surface area contributed by atoms with Gasteiger partial charge in [0.2, 0.25) is 0 Å². The molecule has 0 atom stereocenters. The van der Waals surface area contributed by atoms with Crippen LogP contribution in [0.2, 0.25) is 0 Å². The van der Waals surface area contributed by atoms with Crippen molar-refractivity contribution < 1.29 is 0 Å². The van der Waals surface area contributed by atoms with Gasteiger partial charge in [0.05, 0.1) is 17.9 Å². The molecule has 0 aliphatic carbocycles. The van der Waals surface area contributed by atoms with E-state index >= 15 is 0 Å². The van der Waals surface area contributed by atoms with Crippen LogP contribution >= 0.6 is 24.8 Å². The van der Waals surface area contributed by atoms with E-state index in [4.69, 9.17) is 5.10 Å². The van der Waals surface area contributed by atoms with Gasteiger partial charge in [-0.2, -0.15) is 10.2 Å². The second-order valence-electron chi connectivity index (χ2n) is 6.73. The van der Waals surface area contributed by atoms with Gasteiger partial charge in [-0.3, -0.25) is 4.68 Å². The van der Waals surface area contributed by atoms with Crippen molar-refractivity contribution in [1.29, 1.82) is 0 Å². The van der Waals surface area contributed by atoms with E-state index in [2.05, 4.69) is 48.9 Å². The number of imidazole rings is 1. The quantitative estimate of drug-likeness (QED) is 0.538. The number of fused-ring (bicyclic) bond motifs is 1. The molecule has 0 unspecified atom stereocenters. The van der Waals surface area contributed by atoms with Crippen molar-refractivity contribution in [2.45, 2.75) is 26.1 Å². The van der Waals surface area contributed by atoms with E-state index in [1.54, 1.807) is 6.20 Å². The van der Waals surface area contributed by atoms with Crippen molar-refractivity contribution >= 4 is 24.8 Å². The monoisotopic (exact) mass is 431 g/mol. The van der Waals surface area contributed by atoms with Crippen molar-refractivity contribution in [3.05, 3.63) is 72.4 Å². The second kappa shape index (κ2) is 9.26.